The number of methoxy groups -OCH3 is 1. The minimum Gasteiger partial charge on any atom is -0.507 e. The minimum absolute atomic E-state index is 0.0304. The van der Waals surface area contributed by atoms with Gasteiger partial charge in [0.1, 0.15) is 11.5 Å². The lowest BCUT2D eigenvalue weighted by Gasteiger charge is -2.03. The van der Waals surface area contributed by atoms with E-state index in [-0.39, 0.29) is 16.2 Å². The zero-order chi connectivity index (χ0) is 20.8. The predicted molar refractivity (Wildman–Crippen MR) is 108 cm³/mol. The summed E-state index contributed by atoms with van der Waals surface area (Å²) >= 11 is -2.09. The topological polar surface area (TPSA) is 108 Å². The second-order valence-electron chi connectivity index (χ2n) is 4.40. The minimum atomic E-state index is -2.09. The second-order valence-corrected chi connectivity index (χ2v) is 5.37. The van der Waals surface area contributed by atoms with Crippen molar-refractivity contribution in [3.63, 3.8) is 0 Å². The van der Waals surface area contributed by atoms with Crippen molar-refractivity contribution >= 4 is 23.2 Å². The monoisotopic (exact) mass is 394 g/mol. The first-order chi connectivity index (χ1) is 13.0. The van der Waals surface area contributed by atoms with Gasteiger partial charge in [-0.2, -0.15) is 5.10 Å². The van der Waals surface area contributed by atoms with Crippen molar-refractivity contribution in [1.82, 2.24) is 5.43 Å². The molecule has 1 atom stereocenters. The molecule has 148 valence electrons. The van der Waals surface area contributed by atoms with Gasteiger partial charge in [0.15, 0.2) is 11.1 Å². The summed E-state index contributed by atoms with van der Waals surface area (Å²) in [6, 6.07) is 10.3. The van der Waals surface area contributed by atoms with E-state index in [9.17, 15) is 14.1 Å². The number of carbonyl (C=O) groups is 1. The number of benzene rings is 2. The maximum absolute atomic E-state index is 11.9. The van der Waals surface area contributed by atoms with E-state index in [1.54, 1.807) is 12.1 Å². The van der Waals surface area contributed by atoms with Crippen molar-refractivity contribution in [3.05, 3.63) is 53.6 Å². The van der Waals surface area contributed by atoms with Crippen molar-refractivity contribution in [2.75, 3.05) is 7.11 Å². The molecule has 7 nitrogen and oxygen atoms in total. The maximum atomic E-state index is 11.9. The molecule has 0 aromatic heterocycles. The number of nitrogens with one attached hydrogen (secondary N) is 1. The standard InChI is InChI=1S/C15H14N2O5S.2C2H6/c1-22-12-5-2-11(14(18)8-12)9-16-17-15(19)10-3-6-13(7-4-10)23(20)21;2*1-2/h2-9,18H,1H3,(H,17,19)(H,20,21);2*1-2H3/b16-9+;;. The van der Waals surface area contributed by atoms with Crippen LogP contribution in [-0.4, -0.2) is 33.1 Å². The van der Waals surface area contributed by atoms with E-state index in [4.69, 9.17) is 9.29 Å². The molecule has 0 aliphatic heterocycles. The number of hydrogen-bond donors (Lipinski definition) is 3. The molecule has 0 aliphatic carbocycles. The molecule has 1 amide bonds. The van der Waals surface area contributed by atoms with E-state index < -0.39 is 17.0 Å². The molecule has 0 saturated heterocycles. The Morgan fingerprint density at radius 3 is 2.19 bits per heavy atom. The van der Waals surface area contributed by atoms with Crippen molar-refractivity contribution in [2.24, 2.45) is 5.10 Å². The van der Waals surface area contributed by atoms with Crippen LogP contribution in [-0.2, 0) is 11.1 Å². The normalized spacial score (nSPS) is 10.7. The molecule has 27 heavy (non-hydrogen) atoms. The summed E-state index contributed by atoms with van der Waals surface area (Å²) in [5, 5.41) is 13.5. The fraction of sp³-hybridized carbons (Fsp3) is 0.263. The van der Waals surface area contributed by atoms with Crippen molar-refractivity contribution in [3.8, 4) is 11.5 Å². The smallest absolute Gasteiger partial charge is 0.271 e. The fourth-order valence-electron chi connectivity index (χ4n) is 1.71. The summed E-state index contributed by atoms with van der Waals surface area (Å²) in [7, 11) is 1.49. The first-order valence-corrected chi connectivity index (χ1v) is 9.53. The quantitative estimate of drug-likeness (QED) is 0.406. The van der Waals surface area contributed by atoms with Gasteiger partial charge in [0.25, 0.3) is 5.91 Å². The Bertz CT molecular complexity index is 761. The number of aromatic hydroxyl groups is 1. The number of carbonyl (C=O) groups excluding carboxylic acids is 1. The molecule has 3 N–H and O–H groups in total. The molecule has 0 fully saturated rings. The van der Waals surface area contributed by atoms with Gasteiger partial charge in [-0.25, -0.2) is 9.63 Å². The van der Waals surface area contributed by atoms with Gasteiger partial charge in [0, 0.05) is 17.2 Å². The van der Waals surface area contributed by atoms with Gasteiger partial charge in [-0.05, 0) is 36.4 Å². The molecule has 8 heteroatoms. The number of hydrogen-bond acceptors (Lipinski definition) is 5. The number of amides is 1. The number of ether oxygens (including phenoxy) is 1. The lowest BCUT2D eigenvalue weighted by atomic mass is 10.2. The van der Waals surface area contributed by atoms with Gasteiger partial charge in [-0.15, -0.1) is 0 Å². The van der Waals surface area contributed by atoms with Crippen LogP contribution >= 0.6 is 0 Å². The van der Waals surface area contributed by atoms with Crippen LogP contribution in [0.1, 0.15) is 43.6 Å². The number of rotatable bonds is 5. The van der Waals surface area contributed by atoms with Gasteiger partial charge >= 0.3 is 0 Å². The highest BCUT2D eigenvalue weighted by atomic mass is 32.2. The molecule has 2 aromatic carbocycles. The van der Waals surface area contributed by atoms with Crippen molar-refractivity contribution in [1.29, 1.82) is 0 Å². The maximum Gasteiger partial charge on any atom is 0.271 e. The third kappa shape index (κ3) is 8.02. The summed E-state index contributed by atoms with van der Waals surface area (Å²) in [6.45, 7) is 8.00. The molecular formula is C19H26N2O5S. The zero-order valence-corrected chi connectivity index (χ0v) is 16.9. The molecule has 0 saturated carbocycles. The van der Waals surface area contributed by atoms with Crippen LogP contribution in [0.4, 0.5) is 0 Å². The summed E-state index contributed by atoms with van der Waals surface area (Å²) in [5.74, 6) is -0.00769. The Morgan fingerprint density at radius 2 is 1.70 bits per heavy atom. The molecule has 0 heterocycles. The molecule has 2 aromatic rings. The van der Waals surface area contributed by atoms with E-state index in [1.165, 1.54) is 43.7 Å². The van der Waals surface area contributed by atoms with E-state index in [2.05, 4.69) is 10.5 Å². The average Bonchev–Trinajstić information content (AvgIpc) is 2.72. The van der Waals surface area contributed by atoms with Crippen LogP contribution in [0.5, 0.6) is 11.5 Å². The van der Waals surface area contributed by atoms with Crippen molar-refractivity contribution < 1.29 is 23.4 Å². The van der Waals surface area contributed by atoms with Gasteiger partial charge in [-0.3, -0.25) is 4.79 Å². The Morgan fingerprint density at radius 1 is 1.11 bits per heavy atom. The lowest BCUT2D eigenvalue weighted by molar-refractivity contribution is 0.0955. The zero-order valence-electron chi connectivity index (χ0n) is 16.1. The van der Waals surface area contributed by atoms with Crippen LogP contribution in [0.2, 0.25) is 0 Å². The third-order valence-electron chi connectivity index (χ3n) is 2.93. The van der Waals surface area contributed by atoms with Crippen LogP contribution < -0.4 is 10.2 Å². The Balaban J connectivity index is 0.00000158. The summed E-state index contributed by atoms with van der Waals surface area (Å²) in [6.07, 6.45) is 1.30. The van der Waals surface area contributed by atoms with Crippen LogP contribution in [0.25, 0.3) is 0 Å². The summed E-state index contributed by atoms with van der Waals surface area (Å²) in [5.41, 5.74) is 3.00. The van der Waals surface area contributed by atoms with Gasteiger partial charge < -0.3 is 14.4 Å². The molecular weight excluding hydrogens is 368 g/mol. The first kappa shape index (κ1) is 24.3. The van der Waals surface area contributed by atoms with Crippen LogP contribution in [0.3, 0.4) is 0 Å². The van der Waals surface area contributed by atoms with Gasteiger partial charge in [-0.1, -0.05) is 27.7 Å². The molecule has 2 rings (SSSR count). The average molecular weight is 394 g/mol. The summed E-state index contributed by atoms with van der Waals surface area (Å²) in [4.78, 5) is 12.1. The van der Waals surface area contributed by atoms with E-state index in [0.29, 0.717) is 11.3 Å². The van der Waals surface area contributed by atoms with Gasteiger partial charge in [0.2, 0.25) is 0 Å². The lowest BCUT2D eigenvalue weighted by Crippen LogP contribution is -2.17. The highest BCUT2D eigenvalue weighted by Crippen LogP contribution is 2.21. The fourth-order valence-corrected chi connectivity index (χ4v) is 2.08. The van der Waals surface area contributed by atoms with Crippen LogP contribution in [0, 0.1) is 0 Å². The highest BCUT2D eigenvalue weighted by Gasteiger charge is 2.06. The molecule has 0 radical (unpaired) electrons. The molecule has 0 bridgehead atoms. The van der Waals surface area contributed by atoms with E-state index in [1.807, 2.05) is 27.7 Å². The Labute approximate surface area is 162 Å². The molecule has 0 aliphatic rings. The number of phenols is 1. The van der Waals surface area contributed by atoms with E-state index in [0.717, 1.165) is 0 Å². The molecule has 0 spiro atoms. The third-order valence-corrected chi connectivity index (χ3v) is 3.60. The van der Waals surface area contributed by atoms with Crippen LogP contribution in [0.15, 0.2) is 52.5 Å². The highest BCUT2D eigenvalue weighted by molar-refractivity contribution is 7.79. The Hall–Kier alpha value is -2.71. The number of nitrogens with zero attached hydrogens (tertiary/aromatic N) is 1. The van der Waals surface area contributed by atoms with Crippen molar-refractivity contribution in [2.45, 2.75) is 32.6 Å². The Kier molecular flexibility index (Phi) is 12.1. The van der Waals surface area contributed by atoms with E-state index >= 15 is 0 Å². The van der Waals surface area contributed by atoms with Gasteiger partial charge in [0.05, 0.1) is 18.2 Å². The summed E-state index contributed by atoms with van der Waals surface area (Å²) < 4.78 is 24.7. The number of hydrazone groups is 1. The SMILES string of the molecule is CC.CC.COc1ccc(/C=N/NC(=O)c2ccc(S(=O)O)cc2)c(O)c1. The predicted octanol–water partition coefficient (Wildman–Crippen LogP) is 3.80. The second kappa shape index (κ2) is 13.5. The number of phenolic OH excluding ortho intramolecular Hbond substituents is 1. The molecule has 1 unspecified atom stereocenters. The first-order valence-electron chi connectivity index (χ1n) is 8.42. The largest absolute Gasteiger partial charge is 0.507 e.